The summed E-state index contributed by atoms with van der Waals surface area (Å²) in [6.07, 6.45) is 2.72. The van der Waals surface area contributed by atoms with Gasteiger partial charge in [0.25, 0.3) is 11.8 Å². The second-order valence-electron chi connectivity index (χ2n) is 19.3. The van der Waals surface area contributed by atoms with Crippen molar-refractivity contribution in [1.82, 2.24) is 23.8 Å². The molecule has 13 nitrogen and oxygen atoms in total. The molecule has 4 aromatic carbocycles. The average molecular weight is 925 g/mol. The van der Waals surface area contributed by atoms with Gasteiger partial charge in [0.05, 0.1) is 30.9 Å². The number of nitrogens with zero attached hydrogens (tertiary/aromatic N) is 7. The standard InChI is InChI=1S/C56H60N8O5/c1-35-26-39-8-6-7-9-41(39)33-64(35)56(68)50-29-42-32-63(51(66)27-38-10-14-44(15-11-38)62-21-19-45(34-62)61-22-24-69-25-23-61)20-18-40(42)28-49(50)54-53(48-30-46(31-57)59(4)36(48)2)52(37(3)60(54)5)55(67)58-43-12-16-47(65)17-13-43/h6-17,28-30,35,45,65H,18-27,32-34H2,1-5H3,(H,58,67)/t35-,45-/m1/s1. The molecule has 4 aliphatic rings. The minimum atomic E-state index is -0.360. The Morgan fingerprint density at radius 1 is 0.812 bits per heavy atom. The van der Waals surface area contributed by atoms with Crippen LogP contribution in [-0.4, -0.2) is 105 Å². The van der Waals surface area contributed by atoms with Crippen LogP contribution in [0.25, 0.3) is 22.4 Å². The SMILES string of the molecule is Cc1c(-c2c(C(=O)Nc3ccc(O)cc3)c(C)n(C)c2-c2cc3c(cc2C(=O)N2Cc4ccccc4C[C@H]2C)CN(C(=O)Cc2ccc(N4CC[C@@H](N5CCOCC5)C4)cc2)CC3)cc(C#N)n1C. The number of morpholine rings is 1. The van der Waals surface area contributed by atoms with Crippen LogP contribution in [0.1, 0.15) is 79.0 Å². The van der Waals surface area contributed by atoms with Crippen molar-refractivity contribution in [2.24, 2.45) is 14.1 Å². The summed E-state index contributed by atoms with van der Waals surface area (Å²) in [5.41, 5.74) is 12.5. The number of hydrogen-bond acceptors (Lipinski definition) is 8. The number of fused-ring (bicyclic) bond motifs is 2. The van der Waals surface area contributed by atoms with Crippen molar-refractivity contribution in [2.45, 2.75) is 71.6 Å². The molecule has 0 aliphatic carbocycles. The minimum Gasteiger partial charge on any atom is -0.508 e. The summed E-state index contributed by atoms with van der Waals surface area (Å²) in [7, 11) is 3.76. The minimum absolute atomic E-state index is 0.0395. The van der Waals surface area contributed by atoms with Crippen LogP contribution in [0.5, 0.6) is 5.75 Å². The van der Waals surface area contributed by atoms with Crippen molar-refractivity contribution in [3.63, 3.8) is 0 Å². The number of rotatable bonds is 9. The van der Waals surface area contributed by atoms with Gasteiger partial charge in [-0.1, -0.05) is 36.4 Å². The van der Waals surface area contributed by atoms with E-state index in [1.54, 1.807) is 12.1 Å². The maximum atomic E-state index is 15.5. The zero-order valence-electron chi connectivity index (χ0n) is 40.2. The third-order valence-corrected chi connectivity index (χ3v) is 15.3. The number of carbonyl (C=O) groups is 3. The topological polar surface area (TPSA) is 139 Å². The summed E-state index contributed by atoms with van der Waals surface area (Å²) in [5.74, 6) is -0.367. The second-order valence-corrected chi connectivity index (χ2v) is 19.3. The van der Waals surface area contributed by atoms with Crippen LogP contribution in [-0.2, 0) is 56.0 Å². The Balaban J connectivity index is 1.01. The van der Waals surface area contributed by atoms with E-state index in [-0.39, 0.29) is 35.9 Å². The van der Waals surface area contributed by atoms with Gasteiger partial charge < -0.3 is 39.0 Å². The van der Waals surface area contributed by atoms with E-state index in [1.165, 1.54) is 23.4 Å². The van der Waals surface area contributed by atoms with Crippen molar-refractivity contribution in [2.75, 3.05) is 56.2 Å². The normalized spacial score (nSPS) is 18.2. The molecule has 0 unspecified atom stereocenters. The van der Waals surface area contributed by atoms with E-state index in [2.05, 4.69) is 70.6 Å². The molecule has 13 heteroatoms. The highest BCUT2D eigenvalue weighted by molar-refractivity contribution is 6.14. The molecule has 69 heavy (non-hydrogen) atoms. The number of carbonyl (C=O) groups excluding carboxylic acids is 3. The number of aromatic hydroxyl groups is 1. The van der Waals surface area contributed by atoms with Crippen LogP contribution < -0.4 is 10.2 Å². The summed E-state index contributed by atoms with van der Waals surface area (Å²) in [4.78, 5) is 53.2. The zero-order valence-corrected chi connectivity index (χ0v) is 40.2. The number of amides is 3. The molecule has 0 spiro atoms. The van der Waals surface area contributed by atoms with E-state index in [0.717, 1.165) is 73.8 Å². The van der Waals surface area contributed by atoms with Gasteiger partial charge >= 0.3 is 0 Å². The Bertz CT molecular complexity index is 3010. The van der Waals surface area contributed by atoms with Crippen molar-refractivity contribution in [1.29, 1.82) is 5.26 Å². The van der Waals surface area contributed by atoms with Crippen LogP contribution in [0, 0.1) is 25.2 Å². The number of nitrogens with one attached hydrogen (secondary N) is 1. The number of benzene rings is 4. The van der Waals surface area contributed by atoms with Gasteiger partial charge in [-0.3, -0.25) is 19.3 Å². The summed E-state index contributed by atoms with van der Waals surface area (Å²) in [6.45, 7) is 12.9. The maximum Gasteiger partial charge on any atom is 0.258 e. The number of aromatic nitrogens is 2. The molecule has 10 rings (SSSR count). The largest absolute Gasteiger partial charge is 0.508 e. The number of nitriles is 1. The predicted octanol–water partition coefficient (Wildman–Crippen LogP) is 7.77. The van der Waals surface area contributed by atoms with Gasteiger partial charge in [0.15, 0.2) is 0 Å². The van der Waals surface area contributed by atoms with E-state index in [1.807, 2.05) is 71.1 Å². The molecule has 6 aromatic rings. The molecular weight excluding hydrogens is 865 g/mol. The van der Waals surface area contributed by atoms with Gasteiger partial charge in [0.1, 0.15) is 17.5 Å². The Hall–Kier alpha value is -7.14. The highest BCUT2D eigenvalue weighted by atomic mass is 16.5. The number of ether oxygens (including phenoxy) is 1. The van der Waals surface area contributed by atoms with Gasteiger partial charge in [-0.05, 0) is 122 Å². The molecule has 0 saturated carbocycles. The fourth-order valence-electron chi connectivity index (χ4n) is 11.1. The predicted molar refractivity (Wildman–Crippen MR) is 267 cm³/mol. The summed E-state index contributed by atoms with van der Waals surface area (Å²) < 4.78 is 9.39. The molecule has 2 aromatic heterocycles. The lowest BCUT2D eigenvalue weighted by Gasteiger charge is -2.36. The van der Waals surface area contributed by atoms with Gasteiger partial charge in [-0.2, -0.15) is 5.26 Å². The van der Waals surface area contributed by atoms with Gasteiger partial charge in [0, 0.05) is 117 Å². The molecule has 2 saturated heterocycles. The van der Waals surface area contributed by atoms with E-state index >= 15 is 4.79 Å². The molecular formula is C56H60N8O5. The van der Waals surface area contributed by atoms with Crippen molar-refractivity contribution < 1.29 is 24.2 Å². The monoisotopic (exact) mass is 924 g/mol. The number of phenols is 1. The van der Waals surface area contributed by atoms with Gasteiger partial charge in [0.2, 0.25) is 5.91 Å². The first-order chi connectivity index (χ1) is 33.4. The first kappa shape index (κ1) is 45.6. The zero-order chi connectivity index (χ0) is 48.1. The summed E-state index contributed by atoms with van der Waals surface area (Å²) in [6, 6.07) is 31.8. The quantitative estimate of drug-likeness (QED) is 0.140. The smallest absolute Gasteiger partial charge is 0.258 e. The van der Waals surface area contributed by atoms with Gasteiger partial charge in [-0.15, -0.1) is 0 Å². The van der Waals surface area contributed by atoms with Crippen LogP contribution in [0.2, 0.25) is 0 Å². The molecule has 2 N–H and O–H groups in total. The van der Waals surface area contributed by atoms with Crippen LogP contribution in [0.15, 0.2) is 91.0 Å². The lowest BCUT2D eigenvalue weighted by molar-refractivity contribution is -0.131. The van der Waals surface area contributed by atoms with E-state index in [9.17, 15) is 20.0 Å². The molecule has 0 radical (unpaired) electrons. The Kier molecular flexibility index (Phi) is 12.4. The van der Waals surface area contributed by atoms with Crippen molar-refractivity contribution >= 4 is 29.1 Å². The number of anilines is 2. The van der Waals surface area contributed by atoms with E-state index < -0.39 is 0 Å². The van der Waals surface area contributed by atoms with Crippen LogP contribution in [0.3, 0.4) is 0 Å². The fourth-order valence-corrected chi connectivity index (χ4v) is 11.1. The first-order valence-electron chi connectivity index (χ1n) is 24.2. The van der Waals surface area contributed by atoms with E-state index in [0.29, 0.717) is 89.1 Å². The number of hydrogen-bond donors (Lipinski definition) is 2. The van der Waals surface area contributed by atoms with E-state index in [4.69, 9.17) is 4.74 Å². The molecule has 354 valence electrons. The Morgan fingerprint density at radius 3 is 2.28 bits per heavy atom. The third-order valence-electron chi connectivity index (χ3n) is 15.3. The second kappa shape index (κ2) is 18.7. The lowest BCUT2D eigenvalue weighted by Crippen LogP contribution is -2.44. The molecule has 0 bridgehead atoms. The molecule has 4 aliphatic heterocycles. The number of phenolic OH excluding ortho intramolecular Hbond substituents is 1. The molecule has 2 fully saturated rings. The molecule has 2 atom stereocenters. The highest BCUT2D eigenvalue weighted by Gasteiger charge is 2.36. The van der Waals surface area contributed by atoms with Crippen molar-refractivity contribution in [3.8, 4) is 34.2 Å². The summed E-state index contributed by atoms with van der Waals surface area (Å²) in [5, 5.41) is 23.2. The van der Waals surface area contributed by atoms with Crippen LogP contribution in [0.4, 0.5) is 11.4 Å². The Morgan fingerprint density at radius 2 is 1.55 bits per heavy atom. The van der Waals surface area contributed by atoms with Gasteiger partial charge in [-0.25, -0.2) is 0 Å². The molecule has 6 heterocycles. The average Bonchev–Trinajstić information content (AvgIpc) is 4.05. The Labute approximate surface area is 404 Å². The molecule has 3 amide bonds. The third kappa shape index (κ3) is 8.68. The van der Waals surface area contributed by atoms with Crippen LogP contribution >= 0.6 is 0 Å². The first-order valence-corrected chi connectivity index (χ1v) is 24.2. The van der Waals surface area contributed by atoms with Crippen molar-refractivity contribution in [3.05, 3.63) is 147 Å². The highest BCUT2D eigenvalue weighted by Crippen LogP contribution is 2.44. The maximum absolute atomic E-state index is 15.5. The summed E-state index contributed by atoms with van der Waals surface area (Å²) >= 11 is 0. The lowest BCUT2D eigenvalue weighted by atomic mass is 9.87. The fraction of sp³-hybridized carbons (Fsp3) is 0.357.